The molecule has 1 aliphatic rings. The van der Waals surface area contributed by atoms with Crippen molar-refractivity contribution in [3.8, 4) is 11.1 Å². The normalized spacial score (nSPS) is 13.8. The van der Waals surface area contributed by atoms with Gasteiger partial charge in [0.2, 0.25) is 0 Å². The number of sulfonamides is 1. The van der Waals surface area contributed by atoms with Gasteiger partial charge in [0.1, 0.15) is 11.5 Å². The number of pyridine rings is 1. The number of aromatic amines is 2. The molecule has 4 heterocycles. The van der Waals surface area contributed by atoms with Gasteiger partial charge in [0.15, 0.2) is 5.03 Å². The zero-order valence-electron chi connectivity index (χ0n) is 18.8. The second-order valence-corrected chi connectivity index (χ2v) is 10.6. The van der Waals surface area contributed by atoms with E-state index in [9.17, 15) is 12.8 Å². The Morgan fingerprint density at radius 2 is 2.06 bits per heavy atom. The summed E-state index contributed by atoms with van der Waals surface area (Å²) in [5.41, 5.74) is 4.74. The Hall–Kier alpha value is -3.40. The number of anilines is 2. The van der Waals surface area contributed by atoms with Crippen LogP contribution in [0, 0.1) is 5.82 Å². The van der Waals surface area contributed by atoms with Gasteiger partial charge in [-0.25, -0.2) is 9.37 Å². The van der Waals surface area contributed by atoms with Gasteiger partial charge in [-0.3, -0.25) is 9.40 Å². The maximum Gasteiger partial charge on any atom is 0.281 e. The number of hydrogen-bond acceptors (Lipinski definition) is 5. The molecule has 0 aliphatic carbocycles. The van der Waals surface area contributed by atoms with Crippen molar-refractivity contribution in [3.63, 3.8) is 0 Å². The van der Waals surface area contributed by atoms with Gasteiger partial charge in [-0.15, -0.1) is 0 Å². The third-order valence-electron chi connectivity index (χ3n) is 6.34. The third-order valence-corrected chi connectivity index (χ3v) is 8.03. The molecule has 3 aromatic heterocycles. The molecule has 0 spiro atoms. The lowest BCUT2D eigenvalue weighted by atomic mass is 9.97. The molecule has 0 saturated heterocycles. The largest absolute Gasteiger partial charge is 0.374 e. The molecule has 1 aromatic carbocycles. The molecule has 10 heteroatoms. The number of hydrogen-bond donors (Lipinski definition) is 2. The fourth-order valence-corrected chi connectivity index (χ4v) is 5.64. The van der Waals surface area contributed by atoms with Crippen molar-refractivity contribution in [3.05, 3.63) is 53.7 Å². The molecule has 0 bridgehead atoms. The Morgan fingerprint density at radius 3 is 2.76 bits per heavy atom. The van der Waals surface area contributed by atoms with Crippen LogP contribution in [0.25, 0.3) is 22.2 Å². The standard InChI is InChI=1S/C23H25FN6O2S/c1-13(2)16-11-25-23-21(22(16)30(4)33(31,32)20-5-7-27-28-20)17(12-26-23)14-9-18(24)15-6-8-29(3)19(15)10-14/h5,7,9-13H,6,8H2,1-4H3,(H,25,26)(H,27,28). The minimum atomic E-state index is -3.91. The van der Waals surface area contributed by atoms with Gasteiger partial charge in [-0.1, -0.05) is 13.8 Å². The fourth-order valence-electron chi connectivity index (χ4n) is 4.50. The molecule has 0 radical (unpaired) electrons. The molecule has 1 aliphatic heterocycles. The summed E-state index contributed by atoms with van der Waals surface area (Å²) in [6, 6.07) is 4.90. The second kappa shape index (κ2) is 7.58. The van der Waals surface area contributed by atoms with Crippen LogP contribution < -0.4 is 9.21 Å². The van der Waals surface area contributed by atoms with Gasteiger partial charge in [-0.2, -0.15) is 13.5 Å². The molecule has 0 amide bonds. The molecule has 2 N–H and O–H groups in total. The molecule has 5 rings (SSSR count). The molecule has 4 aromatic rings. The summed E-state index contributed by atoms with van der Waals surface area (Å²) in [5, 5.41) is 6.97. The van der Waals surface area contributed by atoms with Crippen LogP contribution >= 0.6 is 0 Å². The first-order valence-corrected chi connectivity index (χ1v) is 12.2. The van der Waals surface area contributed by atoms with Gasteiger partial charge < -0.3 is 9.88 Å². The predicted octanol–water partition coefficient (Wildman–Crippen LogP) is 4.03. The van der Waals surface area contributed by atoms with E-state index in [1.54, 1.807) is 12.4 Å². The summed E-state index contributed by atoms with van der Waals surface area (Å²) >= 11 is 0. The van der Waals surface area contributed by atoms with Crippen molar-refractivity contribution in [2.75, 3.05) is 29.8 Å². The monoisotopic (exact) mass is 468 g/mol. The lowest BCUT2D eigenvalue weighted by Crippen LogP contribution is -2.28. The SMILES string of the molecule is CC(C)c1cnc2[nH]cc(-c3cc(F)c4c(c3)N(C)CC4)c2c1N(C)S(=O)(=O)c1ccn[nH]1. The lowest BCUT2D eigenvalue weighted by Gasteiger charge is -2.24. The summed E-state index contributed by atoms with van der Waals surface area (Å²) in [4.78, 5) is 9.72. The topological polar surface area (TPSA) is 98.0 Å². The van der Waals surface area contributed by atoms with E-state index < -0.39 is 10.0 Å². The number of rotatable bonds is 5. The molecule has 33 heavy (non-hydrogen) atoms. The van der Waals surface area contributed by atoms with Gasteiger partial charge in [0.25, 0.3) is 10.0 Å². The van der Waals surface area contributed by atoms with E-state index in [1.807, 2.05) is 31.9 Å². The first-order valence-electron chi connectivity index (χ1n) is 10.7. The van der Waals surface area contributed by atoms with Crippen LogP contribution in [0.4, 0.5) is 15.8 Å². The highest BCUT2D eigenvalue weighted by molar-refractivity contribution is 7.92. The molecular formula is C23H25FN6O2S. The summed E-state index contributed by atoms with van der Waals surface area (Å²) in [7, 11) is -0.446. The zero-order valence-corrected chi connectivity index (χ0v) is 19.7. The first-order chi connectivity index (χ1) is 15.7. The molecule has 0 saturated carbocycles. The van der Waals surface area contributed by atoms with E-state index in [-0.39, 0.29) is 16.8 Å². The number of H-pyrrole nitrogens is 2. The minimum Gasteiger partial charge on any atom is -0.374 e. The van der Waals surface area contributed by atoms with E-state index in [0.717, 1.165) is 17.8 Å². The van der Waals surface area contributed by atoms with E-state index in [0.29, 0.717) is 39.8 Å². The molecular weight excluding hydrogens is 443 g/mol. The first kappa shape index (κ1) is 21.4. The Balaban J connectivity index is 1.79. The van der Waals surface area contributed by atoms with Crippen LogP contribution in [0.5, 0.6) is 0 Å². The Bertz CT molecular complexity index is 1460. The summed E-state index contributed by atoms with van der Waals surface area (Å²) in [5.74, 6) is -0.254. The molecule has 8 nitrogen and oxygen atoms in total. The van der Waals surface area contributed by atoms with Crippen molar-refractivity contribution >= 4 is 32.4 Å². The van der Waals surface area contributed by atoms with Crippen LogP contribution in [-0.2, 0) is 16.4 Å². The van der Waals surface area contributed by atoms with E-state index >= 15 is 0 Å². The Labute approximate surface area is 191 Å². The van der Waals surface area contributed by atoms with Crippen LogP contribution in [-0.4, -0.2) is 49.2 Å². The average molecular weight is 469 g/mol. The van der Waals surface area contributed by atoms with Crippen LogP contribution in [0.15, 0.2) is 41.8 Å². The third kappa shape index (κ3) is 3.28. The smallest absolute Gasteiger partial charge is 0.281 e. The van der Waals surface area contributed by atoms with Crippen molar-refractivity contribution in [1.29, 1.82) is 0 Å². The van der Waals surface area contributed by atoms with Gasteiger partial charge in [-0.05, 0) is 41.7 Å². The van der Waals surface area contributed by atoms with Crippen LogP contribution in [0.1, 0.15) is 30.9 Å². The number of nitrogens with zero attached hydrogens (tertiary/aromatic N) is 4. The number of likely N-dealkylation sites (N-methyl/N-ethyl adjacent to an activating group) is 1. The number of nitrogens with one attached hydrogen (secondary N) is 2. The van der Waals surface area contributed by atoms with Crippen molar-refractivity contribution < 1.29 is 12.8 Å². The van der Waals surface area contributed by atoms with Gasteiger partial charge in [0.05, 0.1) is 17.3 Å². The van der Waals surface area contributed by atoms with Crippen molar-refractivity contribution in [2.45, 2.75) is 31.2 Å². The number of halogens is 1. The highest BCUT2D eigenvalue weighted by Gasteiger charge is 2.30. The summed E-state index contributed by atoms with van der Waals surface area (Å²) < 4.78 is 43.0. The fraction of sp³-hybridized carbons (Fsp3) is 0.304. The highest BCUT2D eigenvalue weighted by atomic mass is 32.2. The highest BCUT2D eigenvalue weighted by Crippen LogP contribution is 2.43. The van der Waals surface area contributed by atoms with Crippen molar-refractivity contribution in [2.24, 2.45) is 0 Å². The quantitative estimate of drug-likeness (QED) is 0.461. The zero-order chi connectivity index (χ0) is 23.5. The second-order valence-electron chi connectivity index (χ2n) is 8.66. The molecule has 0 unspecified atom stereocenters. The summed E-state index contributed by atoms with van der Waals surface area (Å²) in [6.07, 6.45) is 5.52. The van der Waals surface area contributed by atoms with E-state index in [1.165, 1.54) is 29.7 Å². The Kier molecular flexibility index (Phi) is 4.93. The maximum atomic E-state index is 15.0. The lowest BCUT2D eigenvalue weighted by molar-refractivity contribution is 0.590. The summed E-state index contributed by atoms with van der Waals surface area (Å²) in [6.45, 7) is 4.73. The minimum absolute atomic E-state index is 0.00181. The van der Waals surface area contributed by atoms with Gasteiger partial charge >= 0.3 is 0 Å². The van der Waals surface area contributed by atoms with E-state index in [4.69, 9.17) is 0 Å². The molecule has 0 fully saturated rings. The average Bonchev–Trinajstić information content (AvgIpc) is 3.53. The van der Waals surface area contributed by atoms with Crippen molar-refractivity contribution in [1.82, 2.24) is 20.2 Å². The van der Waals surface area contributed by atoms with E-state index in [2.05, 4.69) is 20.2 Å². The number of fused-ring (bicyclic) bond motifs is 2. The number of benzene rings is 1. The number of aromatic nitrogens is 4. The molecule has 0 atom stereocenters. The predicted molar refractivity (Wildman–Crippen MR) is 127 cm³/mol. The maximum absolute atomic E-state index is 15.0. The van der Waals surface area contributed by atoms with Gasteiger partial charge in [0, 0.05) is 49.8 Å². The van der Waals surface area contributed by atoms with Crippen LogP contribution in [0.2, 0.25) is 0 Å². The van der Waals surface area contributed by atoms with Crippen LogP contribution in [0.3, 0.4) is 0 Å². The molecule has 172 valence electrons. The Morgan fingerprint density at radius 1 is 1.27 bits per heavy atom.